The number of nitrogens with zero attached hydrogens (tertiary/aromatic N) is 2. The summed E-state index contributed by atoms with van der Waals surface area (Å²) in [6, 6.07) is 6.97. The molecule has 2 heterocycles. The molecule has 0 spiro atoms. The lowest BCUT2D eigenvalue weighted by molar-refractivity contribution is 0.0607. The first-order chi connectivity index (χ1) is 15.6. The van der Waals surface area contributed by atoms with Gasteiger partial charge in [-0.1, -0.05) is 25.7 Å². The normalized spacial score (nSPS) is 14.9. The third-order valence-electron chi connectivity index (χ3n) is 6.44. The molecule has 2 aromatic carbocycles. The third kappa shape index (κ3) is 3.91. The number of rotatable bonds is 12. The molecule has 0 aliphatic carbocycles. The number of hydrogen-bond donors (Lipinski definition) is 2. The van der Waals surface area contributed by atoms with Crippen molar-refractivity contribution >= 4 is 34.2 Å². The van der Waals surface area contributed by atoms with Crippen molar-refractivity contribution in [3.8, 4) is 0 Å². The summed E-state index contributed by atoms with van der Waals surface area (Å²) in [6.45, 7) is 1.26. The van der Waals surface area contributed by atoms with E-state index in [0.29, 0.717) is 47.0 Å². The lowest BCUT2D eigenvalue weighted by Crippen LogP contribution is -2.40. The number of benzene rings is 2. The molecule has 7 heteroatoms. The Bertz CT molecular complexity index is 1030. The smallest absolute Gasteiger partial charge is 0.261 e. The van der Waals surface area contributed by atoms with Crippen LogP contribution in [0.4, 0.5) is 5.69 Å². The van der Waals surface area contributed by atoms with Gasteiger partial charge in [-0.15, -0.1) is 0 Å². The molecule has 2 aromatic rings. The van der Waals surface area contributed by atoms with Crippen LogP contribution >= 0.6 is 0 Å². The highest BCUT2D eigenvalue weighted by Crippen LogP contribution is 2.42. The van der Waals surface area contributed by atoms with Gasteiger partial charge in [-0.25, -0.2) is 0 Å². The summed E-state index contributed by atoms with van der Waals surface area (Å²) < 4.78 is 0. The van der Waals surface area contributed by atoms with Gasteiger partial charge in [0.2, 0.25) is 0 Å². The van der Waals surface area contributed by atoms with Crippen molar-refractivity contribution in [1.29, 1.82) is 0 Å². The summed E-state index contributed by atoms with van der Waals surface area (Å²) in [4.78, 5) is 42.4. The van der Waals surface area contributed by atoms with Gasteiger partial charge in [0.15, 0.2) is 0 Å². The van der Waals surface area contributed by atoms with Crippen molar-refractivity contribution in [3.05, 3.63) is 41.0 Å². The van der Waals surface area contributed by atoms with Gasteiger partial charge in [0.25, 0.3) is 17.7 Å². The number of imide groups is 1. The Morgan fingerprint density at radius 3 is 1.53 bits per heavy atom. The minimum atomic E-state index is -0.303. The van der Waals surface area contributed by atoms with Gasteiger partial charge < -0.3 is 15.1 Å². The van der Waals surface area contributed by atoms with Crippen LogP contribution in [0.2, 0.25) is 0 Å². The Morgan fingerprint density at radius 1 is 0.531 bits per heavy atom. The molecular weight excluding hydrogens is 408 g/mol. The molecule has 170 valence electrons. The Labute approximate surface area is 187 Å². The number of amides is 3. The molecule has 0 saturated carbocycles. The largest absolute Gasteiger partial charge is 0.396 e. The van der Waals surface area contributed by atoms with Crippen LogP contribution in [-0.2, 0) is 0 Å². The Balaban J connectivity index is 1.59. The second kappa shape index (κ2) is 9.79. The average Bonchev–Trinajstić information content (AvgIpc) is 3.07. The predicted molar refractivity (Wildman–Crippen MR) is 122 cm³/mol. The van der Waals surface area contributed by atoms with Crippen LogP contribution in [0.5, 0.6) is 0 Å². The van der Waals surface area contributed by atoms with Crippen molar-refractivity contribution < 1.29 is 24.6 Å². The van der Waals surface area contributed by atoms with Crippen LogP contribution in [0.15, 0.2) is 24.3 Å². The summed E-state index contributed by atoms with van der Waals surface area (Å²) in [7, 11) is 0. The first-order valence-electron chi connectivity index (χ1n) is 11.6. The fraction of sp³-hybridized carbons (Fsp3) is 0.480. The van der Waals surface area contributed by atoms with Gasteiger partial charge in [0.05, 0.1) is 5.69 Å². The van der Waals surface area contributed by atoms with E-state index in [1.165, 1.54) is 4.90 Å². The predicted octanol–water partition coefficient (Wildman–Crippen LogP) is 3.50. The van der Waals surface area contributed by atoms with Gasteiger partial charge in [-0.2, -0.15) is 0 Å². The molecule has 0 atom stereocenters. The molecule has 0 radical (unpaired) electrons. The summed E-state index contributed by atoms with van der Waals surface area (Å²) in [5, 5.41) is 19.2. The summed E-state index contributed by atoms with van der Waals surface area (Å²) in [5.41, 5.74) is 2.28. The third-order valence-corrected chi connectivity index (χ3v) is 6.44. The van der Waals surface area contributed by atoms with Crippen LogP contribution in [0.1, 0.15) is 82.4 Å². The van der Waals surface area contributed by atoms with Crippen molar-refractivity contribution in [2.24, 2.45) is 0 Å². The van der Waals surface area contributed by atoms with Crippen LogP contribution in [0, 0.1) is 0 Å². The minimum absolute atomic E-state index is 0.0860. The lowest BCUT2D eigenvalue weighted by atomic mass is 9.91. The molecule has 4 rings (SSSR count). The molecule has 2 N–H and O–H groups in total. The van der Waals surface area contributed by atoms with E-state index >= 15 is 0 Å². The minimum Gasteiger partial charge on any atom is -0.396 e. The van der Waals surface area contributed by atoms with E-state index in [9.17, 15) is 14.4 Å². The van der Waals surface area contributed by atoms with Gasteiger partial charge >= 0.3 is 0 Å². The van der Waals surface area contributed by atoms with Crippen LogP contribution in [-0.4, -0.2) is 59.1 Å². The standard InChI is InChI=1S/C25H30N2O5/c28-15-7-3-1-5-13-26-20-12-11-18-21-17(9-10-19(22(20)21)23(26)30)24(31)27(25(18)32)14-6-2-4-8-16-29/h9-12,28-29H,1-8,13-16H2. The fourth-order valence-electron chi connectivity index (χ4n) is 4.77. The van der Waals surface area contributed by atoms with E-state index in [0.717, 1.165) is 50.6 Å². The zero-order chi connectivity index (χ0) is 22.7. The Morgan fingerprint density at radius 2 is 0.969 bits per heavy atom. The molecule has 0 unspecified atom stereocenters. The number of anilines is 1. The summed E-state index contributed by atoms with van der Waals surface area (Å²) in [5.74, 6) is -0.691. The quantitative estimate of drug-likeness (QED) is 0.390. The number of unbranched alkanes of at least 4 members (excludes halogenated alkanes) is 6. The van der Waals surface area contributed by atoms with E-state index in [-0.39, 0.29) is 30.9 Å². The highest BCUT2D eigenvalue weighted by Gasteiger charge is 2.38. The summed E-state index contributed by atoms with van der Waals surface area (Å²) in [6.07, 6.45) is 6.58. The van der Waals surface area contributed by atoms with Gasteiger partial charge in [-0.05, 0) is 49.9 Å². The summed E-state index contributed by atoms with van der Waals surface area (Å²) >= 11 is 0. The SMILES string of the molecule is O=C1c2ccc3c4c(ccc(c24)C(=O)N1CCCCCCO)N(CCCCCCO)C3=O. The first-order valence-corrected chi connectivity index (χ1v) is 11.6. The number of carbonyl (C=O) groups excluding carboxylic acids is 3. The van der Waals surface area contributed by atoms with E-state index in [1.807, 2.05) is 6.07 Å². The van der Waals surface area contributed by atoms with Crippen LogP contribution in [0.3, 0.4) is 0 Å². The molecule has 32 heavy (non-hydrogen) atoms. The van der Waals surface area contributed by atoms with Gasteiger partial charge in [0, 0.05) is 53.8 Å². The fourth-order valence-corrected chi connectivity index (χ4v) is 4.77. The highest BCUT2D eigenvalue weighted by atomic mass is 16.3. The van der Waals surface area contributed by atoms with Crippen molar-refractivity contribution in [2.45, 2.75) is 51.4 Å². The molecule has 7 nitrogen and oxygen atoms in total. The second-order valence-electron chi connectivity index (χ2n) is 8.54. The van der Waals surface area contributed by atoms with Crippen molar-refractivity contribution in [1.82, 2.24) is 4.90 Å². The molecule has 2 aliphatic heterocycles. The topological polar surface area (TPSA) is 98.2 Å². The maximum atomic E-state index is 13.2. The van der Waals surface area contributed by atoms with Gasteiger partial charge in [-0.3, -0.25) is 19.3 Å². The number of aliphatic hydroxyl groups is 2. The molecule has 3 amide bonds. The zero-order valence-electron chi connectivity index (χ0n) is 18.3. The van der Waals surface area contributed by atoms with Gasteiger partial charge in [0.1, 0.15) is 0 Å². The number of carbonyl (C=O) groups is 3. The van der Waals surface area contributed by atoms with Crippen molar-refractivity contribution in [3.63, 3.8) is 0 Å². The Kier molecular flexibility index (Phi) is 6.86. The number of hydrogen-bond acceptors (Lipinski definition) is 5. The molecule has 0 bridgehead atoms. The first kappa shape index (κ1) is 22.4. The van der Waals surface area contributed by atoms with Crippen LogP contribution in [0.25, 0.3) is 10.8 Å². The van der Waals surface area contributed by atoms with Crippen LogP contribution < -0.4 is 4.90 Å². The molecule has 0 saturated heterocycles. The molecular formula is C25H30N2O5. The second-order valence-corrected chi connectivity index (χ2v) is 8.54. The molecule has 0 fully saturated rings. The highest BCUT2D eigenvalue weighted by molar-refractivity contribution is 6.33. The average molecular weight is 439 g/mol. The van der Waals surface area contributed by atoms with Crippen molar-refractivity contribution in [2.75, 3.05) is 31.2 Å². The van der Waals surface area contributed by atoms with E-state index in [1.54, 1.807) is 23.1 Å². The molecule has 0 aromatic heterocycles. The monoisotopic (exact) mass is 438 g/mol. The van der Waals surface area contributed by atoms with E-state index in [2.05, 4.69) is 0 Å². The van der Waals surface area contributed by atoms with E-state index in [4.69, 9.17) is 10.2 Å². The van der Waals surface area contributed by atoms with E-state index < -0.39 is 0 Å². The molecule has 2 aliphatic rings. The number of aliphatic hydroxyl groups excluding tert-OH is 2. The Hall–Kier alpha value is -2.77. The maximum absolute atomic E-state index is 13.2. The zero-order valence-corrected chi connectivity index (χ0v) is 18.3. The lowest BCUT2D eigenvalue weighted by Gasteiger charge is -2.27. The maximum Gasteiger partial charge on any atom is 0.261 e.